The van der Waals surface area contributed by atoms with Crippen LogP contribution in [0.5, 0.6) is 0 Å². The Hall–Kier alpha value is -4.23. The third kappa shape index (κ3) is 3.80. The van der Waals surface area contributed by atoms with E-state index in [0.717, 1.165) is 16.0 Å². The van der Waals surface area contributed by atoms with E-state index in [4.69, 9.17) is 11.6 Å². The van der Waals surface area contributed by atoms with Gasteiger partial charge >= 0.3 is 5.91 Å². The molecule has 0 aliphatic carbocycles. The number of halogens is 1. The summed E-state index contributed by atoms with van der Waals surface area (Å²) in [6, 6.07) is 17.6. The van der Waals surface area contributed by atoms with Gasteiger partial charge in [0.1, 0.15) is 5.57 Å². The highest BCUT2D eigenvalue weighted by Gasteiger charge is 2.48. The van der Waals surface area contributed by atoms with Crippen molar-refractivity contribution >= 4 is 40.4 Å². The number of benzene rings is 2. The molecule has 7 nitrogen and oxygen atoms in total. The molecule has 174 valence electrons. The Labute approximate surface area is 206 Å². The number of imide groups is 1. The molecule has 5 rings (SSSR count). The zero-order chi connectivity index (χ0) is 24.9. The second-order valence-electron chi connectivity index (χ2n) is 8.53. The van der Waals surface area contributed by atoms with Crippen molar-refractivity contribution in [1.29, 1.82) is 0 Å². The normalized spacial score (nSPS) is 13.8. The first-order valence-electron chi connectivity index (χ1n) is 11.0. The van der Waals surface area contributed by atoms with E-state index in [1.165, 1.54) is 4.68 Å². The van der Waals surface area contributed by atoms with Gasteiger partial charge in [-0.15, -0.1) is 0 Å². The van der Waals surface area contributed by atoms with Crippen LogP contribution >= 0.6 is 11.6 Å². The number of aromatic nitrogens is 3. The Balaban J connectivity index is 1.79. The van der Waals surface area contributed by atoms with Crippen molar-refractivity contribution in [3.8, 4) is 5.69 Å². The van der Waals surface area contributed by atoms with Crippen LogP contribution in [0.1, 0.15) is 22.4 Å². The van der Waals surface area contributed by atoms with Gasteiger partial charge in [0, 0.05) is 21.8 Å². The maximum atomic E-state index is 13.9. The van der Waals surface area contributed by atoms with Crippen LogP contribution in [0, 0.1) is 20.8 Å². The Bertz CT molecular complexity index is 1580. The van der Waals surface area contributed by atoms with Crippen molar-refractivity contribution in [3.63, 3.8) is 0 Å². The van der Waals surface area contributed by atoms with Crippen LogP contribution in [0.25, 0.3) is 17.0 Å². The molecule has 0 spiro atoms. The van der Waals surface area contributed by atoms with Gasteiger partial charge in [-0.2, -0.15) is 4.57 Å². The number of hydrogen-bond acceptors (Lipinski definition) is 3. The summed E-state index contributed by atoms with van der Waals surface area (Å²) in [7, 11) is 0. The van der Waals surface area contributed by atoms with Crippen molar-refractivity contribution in [1.82, 2.24) is 9.78 Å². The summed E-state index contributed by atoms with van der Waals surface area (Å²) in [6.07, 6.45) is 3.54. The predicted molar refractivity (Wildman–Crippen MR) is 134 cm³/mol. The zero-order valence-electron chi connectivity index (χ0n) is 19.4. The molecule has 1 N–H and O–H groups in total. The van der Waals surface area contributed by atoms with Crippen molar-refractivity contribution < 1.29 is 14.2 Å². The molecular formula is C27H22ClN4O3+. The van der Waals surface area contributed by atoms with Crippen LogP contribution < -0.4 is 15.0 Å². The van der Waals surface area contributed by atoms with Crippen molar-refractivity contribution in [3.05, 3.63) is 111 Å². The lowest BCUT2D eigenvalue weighted by atomic mass is 10.1. The van der Waals surface area contributed by atoms with Gasteiger partial charge in [-0.1, -0.05) is 35.9 Å². The van der Waals surface area contributed by atoms with Gasteiger partial charge in [0.05, 0.1) is 16.9 Å². The largest absolute Gasteiger partial charge is 0.331 e. The number of nitrogens with zero attached hydrogens (tertiary/aromatic N) is 3. The average molecular weight is 486 g/mol. The van der Waals surface area contributed by atoms with Crippen LogP contribution in [0.2, 0.25) is 5.02 Å². The maximum absolute atomic E-state index is 13.9. The fraction of sp³-hybridized carbons (Fsp3) is 0.111. The van der Waals surface area contributed by atoms with Crippen LogP contribution in [0.3, 0.4) is 0 Å². The molecule has 1 aliphatic heterocycles. The minimum atomic E-state index is -0.585. The first-order valence-corrected chi connectivity index (χ1v) is 11.4. The van der Waals surface area contributed by atoms with Crippen molar-refractivity contribution in [2.24, 2.45) is 0 Å². The molecule has 0 atom stereocenters. The number of amides is 2. The summed E-state index contributed by atoms with van der Waals surface area (Å²) < 4.78 is 3.00. The molecule has 0 saturated heterocycles. The first-order chi connectivity index (χ1) is 16.8. The SMILES string of the molecule is Cc1cc(C)c[n+](C2=C(c3c(C)[nH]n(-c4ccccc4)c3=O)C(=O)N(c3cccc(Cl)c3)C2=O)c1. The second kappa shape index (κ2) is 8.52. The number of nitrogens with one attached hydrogen (secondary N) is 1. The number of carbonyl (C=O) groups is 2. The number of para-hydroxylation sites is 1. The molecule has 8 heteroatoms. The number of anilines is 1. The monoisotopic (exact) mass is 485 g/mol. The minimum Gasteiger partial charge on any atom is -0.295 e. The number of carbonyl (C=O) groups excluding carboxylic acids is 2. The van der Waals surface area contributed by atoms with E-state index in [9.17, 15) is 14.4 Å². The Morgan fingerprint density at radius 1 is 0.800 bits per heavy atom. The highest BCUT2D eigenvalue weighted by atomic mass is 35.5. The maximum Gasteiger partial charge on any atom is 0.331 e. The van der Waals surface area contributed by atoms with E-state index in [1.807, 2.05) is 38.1 Å². The summed E-state index contributed by atoms with van der Waals surface area (Å²) in [5, 5.41) is 3.45. The van der Waals surface area contributed by atoms with E-state index < -0.39 is 17.4 Å². The third-order valence-corrected chi connectivity index (χ3v) is 6.10. The second-order valence-corrected chi connectivity index (χ2v) is 8.97. The fourth-order valence-corrected chi connectivity index (χ4v) is 4.66. The third-order valence-electron chi connectivity index (χ3n) is 5.86. The van der Waals surface area contributed by atoms with E-state index in [1.54, 1.807) is 60.3 Å². The summed E-state index contributed by atoms with van der Waals surface area (Å²) in [5.74, 6) is -1.12. The van der Waals surface area contributed by atoms with Gasteiger partial charge in [-0.25, -0.2) is 9.58 Å². The molecule has 35 heavy (non-hydrogen) atoms. The van der Waals surface area contributed by atoms with Gasteiger partial charge in [0.25, 0.3) is 17.2 Å². The van der Waals surface area contributed by atoms with Crippen LogP contribution in [0.4, 0.5) is 5.69 Å². The predicted octanol–water partition coefficient (Wildman–Crippen LogP) is 3.97. The Kier molecular flexibility index (Phi) is 5.49. The zero-order valence-corrected chi connectivity index (χ0v) is 20.1. The summed E-state index contributed by atoms with van der Waals surface area (Å²) in [5.41, 5.74) is 3.14. The molecule has 2 amide bonds. The summed E-state index contributed by atoms with van der Waals surface area (Å²) in [6.45, 7) is 5.53. The van der Waals surface area contributed by atoms with Crippen molar-refractivity contribution in [2.45, 2.75) is 20.8 Å². The van der Waals surface area contributed by atoms with Crippen LogP contribution in [-0.2, 0) is 9.59 Å². The average Bonchev–Trinajstić information content (AvgIpc) is 3.24. The van der Waals surface area contributed by atoms with E-state index in [-0.39, 0.29) is 16.8 Å². The first kappa shape index (κ1) is 22.6. The Morgan fingerprint density at radius 2 is 1.46 bits per heavy atom. The van der Waals surface area contributed by atoms with E-state index in [0.29, 0.717) is 22.1 Å². The van der Waals surface area contributed by atoms with Crippen LogP contribution in [-0.4, -0.2) is 21.6 Å². The van der Waals surface area contributed by atoms with E-state index in [2.05, 4.69) is 5.10 Å². The van der Waals surface area contributed by atoms with Crippen molar-refractivity contribution in [2.75, 3.05) is 4.90 Å². The lowest BCUT2D eigenvalue weighted by Gasteiger charge is -2.14. The summed E-state index contributed by atoms with van der Waals surface area (Å²) in [4.78, 5) is 42.4. The minimum absolute atomic E-state index is 0.0402. The molecule has 0 saturated carbocycles. The number of rotatable bonds is 4. The molecule has 2 aromatic heterocycles. The van der Waals surface area contributed by atoms with E-state index >= 15 is 0 Å². The molecule has 2 aromatic carbocycles. The number of aromatic amines is 1. The number of aryl methyl sites for hydroxylation is 3. The molecular weight excluding hydrogens is 464 g/mol. The molecule has 3 heterocycles. The highest BCUT2D eigenvalue weighted by molar-refractivity contribution is 6.53. The molecule has 4 aromatic rings. The quantitative estimate of drug-likeness (QED) is 0.351. The molecule has 0 bridgehead atoms. The lowest BCUT2D eigenvalue weighted by molar-refractivity contribution is -0.577. The summed E-state index contributed by atoms with van der Waals surface area (Å²) >= 11 is 6.16. The molecule has 0 unspecified atom stereocenters. The van der Waals surface area contributed by atoms with Gasteiger partial charge in [-0.3, -0.25) is 19.5 Å². The standard InChI is InChI=1S/C27H21ClN4O3/c1-16-12-17(2)15-30(14-16)24-23(25(33)31(27(24)35)21-11-7-8-19(28)13-21)22-18(3)29-32(26(22)34)20-9-5-4-6-10-20/h4-15H,1-3H3/p+1. The Morgan fingerprint density at radius 3 is 2.11 bits per heavy atom. The highest BCUT2D eigenvalue weighted by Crippen LogP contribution is 2.34. The fourth-order valence-electron chi connectivity index (χ4n) is 4.47. The smallest absolute Gasteiger partial charge is 0.295 e. The topological polar surface area (TPSA) is 79.1 Å². The molecule has 1 aliphatic rings. The van der Waals surface area contributed by atoms with Gasteiger partial charge in [0.15, 0.2) is 12.4 Å². The van der Waals surface area contributed by atoms with Gasteiger partial charge < -0.3 is 0 Å². The molecule has 0 radical (unpaired) electrons. The number of hydrogen-bond donors (Lipinski definition) is 1. The number of pyridine rings is 1. The molecule has 0 fully saturated rings. The lowest BCUT2D eigenvalue weighted by Crippen LogP contribution is -2.40. The van der Waals surface area contributed by atoms with Gasteiger partial charge in [-0.05, 0) is 57.2 Å². The van der Waals surface area contributed by atoms with Crippen LogP contribution in [0.15, 0.2) is 77.9 Å². The van der Waals surface area contributed by atoms with Gasteiger partial charge in [0.2, 0.25) is 0 Å². The number of H-pyrrole nitrogens is 1.